The van der Waals surface area contributed by atoms with Crippen LogP contribution >= 0.6 is 0 Å². The first-order chi connectivity index (χ1) is 16.6. The second-order valence-corrected chi connectivity index (χ2v) is 9.74. The van der Waals surface area contributed by atoms with Gasteiger partial charge in [0.1, 0.15) is 17.8 Å². The molecule has 5 heterocycles. The van der Waals surface area contributed by atoms with Gasteiger partial charge >= 0.3 is 0 Å². The number of benzene rings is 1. The molecule has 0 radical (unpaired) electrons. The molecule has 8 nitrogen and oxygen atoms in total. The smallest absolute Gasteiger partial charge is 0.139 e. The fourth-order valence-corrected chi connectivity index (χ4v) is 5.12. The summed E-state index contributed by atoms with van der Waals surface area (Å²) >= 11 is 0. The molecule has 34 heavy (non-hydrogen) atoms. The van der Waals surface area contributed by atoms with Gasteiger partial charge in [0.25, 0.3) is 0 Å². The van der Waals surface area contributed by atoms with Gasteiger partial charge in [-0.15, -0.1) is 0 Å². The maximum Gasteiger partial charge on any atom is 0.139 e. The van der Waals surface area contributed by atoms with Gasteiger partial charge in [0.05, 0.1) is 5.52 Å². The van der Waals surface area contributed by atoms with Gasteiger partial charge in [-0.05, 0) is 43.4 Å². The zero-order valence-electron chi connectivity index (χ0n) is 20.0. The van der Waals surface area contributed by atoms with E-state index in [0.717, 1.165) is 81.3 Å². The van der Waals surface area contributed by atoms with Gasteiger partial charge in [0.15, 0.2) is 0 Å². The SMILES string of the molecule is CN1CCN(Cc2cnc3[nH]cc(-c4ccc5ncnc(N6CCN(C)CC6)c5c4)c3c2)CC1. The van der Waals surface area contributed by atoms with E-state index >= 15 is 0 Å². The number of piperazine rings is 2. The van der Waals surface area contributed by atoms with E-state index in [1.54, 1.807) is 6.33 Å². The molecule has 0 amide bonds. The van der Waals surface area contributed by atoms with Crippen LogP contribution in [0, 0.1) is 0 Å². The fraction of sp³-hybridized carbons (Fsp3) is 0.423. The van der Waals surface area contributed by atoms with Gasteiger partial charge in [-0.3, -0.25) is 4.90 Å². The second kappa shape index (κ2) is 8.94. The highest BCUT2D eigenvalue weighted by atomic mass is 15.3. The lowest BCUT2D eigenvalue weighted by molar-refractivity contribution is 0.148. The number of pyridine rings is 1. The summed E-state index contributed by atoms with van der Waals surface area (Å²) < 4.78 is 0. The van der Waals surface area contributed by atoms with Gasteiger partial charge in [0.2, 0.25) is 0 Å². The molecule has 2 fully saturated rings. The van der Waals surface area contributed by atoms with Gasteiger partial charge < -0.3 is 19.7 Å². The van der Waals surface area contributed by atoms with Crippen molar-refractivity contribution in [1.29, 1.82) is 0 Å². The summed E-state index contributed by atoms with van der Waals surface area (Å²) in [7, 11) is 4.37. The molecular weight excluding hydrogens is 424 g/mol. The van der Waals surface area contributed by atoms with E-state index in [-0.39, 0.29) is 0 Å². The van der Waals surface area contributed by atoms with E-state index < -0.39 is 0 Å². The summed E-state index contributed by atoms with van der Waals surface area (Å²) in [5.41, 5.74) is 5.53. The quantitative estimate of drug-likeness (QED) is 0.506. The molecule has 3 aromatic heterocycles. The number of H-pyrrole nitrogens is 1. The first-order valence-electron chi connectivity index (χ1n) is 12.2. The normalized spacial score (nSPS) is 18.8. The average molecular weight is 457 g/mol. The summed E-state index contributed by atoms with van der Waals surface area (Å²) in [6.45, 7) is 9.48. The summed E-state index contributed by atoms with van der Waals surface area (Å²) in [5, 5.41) is 2.28. The molecule has 176 valence electrons. The largest absolute Gasteiger partial charge is 0.353 e. The van der Waals surface area contributed by atoms with Crippen molar-refractivity contribution in [2.45, 2.75) is 6.54 Å². The zero-order valence-corrected chi connectivity index (χ0v) is 20.0. The molecule has 2 aliphatic rings. The molecule has 1 aromatic carbocycles. The number of nitrogens with zero attached hydrogens (tertiary/aromatic N) is 7. The van der Waals surface area contributed by atoms with E-state index in [4.69, 9.17) is 9.97 Å². The Morgan fingerprint density at radius 3 is 2.38 bits per heavy atom. The third-order valence-electron chi connectivity index (χ3n) is 7.32. The Balaban J connectivity index is 1.34. The number of nitrogens with one attached hydrogen (secondary N) is 1. The summed E-state index contributed by atoms with van der Waals surface area (Å²) in [4.78, 5) is 27.0. The van der Waals surface area contributed by atoms with Gasteiger partial charge in [0, 0.05) is 87.6 Å². The van der Waals surface area contributed by atoms with Crippen LogP contribution in [0.5, 0.6) is 0 Å². The molecule has 2 saturated heterocycles. The predicted octanol–water partition coefficient (Wildman–Crippen LogP) is 2.67. The van der Waals surface area contributed by atoms with Crippen molar-refractivity contribution in [3.63, 3.8) is 0 Å². The molecule has 0 saturated carbocycles. The summed E-state index contributed by atoms with van der Waals surface area (Å²) in [6.07, 6.45) is 5.79. The highest BCUT2D eigenvalue weighted by Gasteiger charge is 2.19. The number of anilines is 1. The number of hydrogen-bond donors (Lipinski definition) is 1. The lowest BCUT2D eigenvalue weighted by atomic mass is 10.0. The Bertz CT molecular complexity index is 1300. The Hall–Kier alpha value is -3.07. The molecule has 0 bridgehead atoms. The lowest BCUT2D eigenvalue weighted by Gasteiger charge is -2.33. The third-order valence-corrected chi connectivity index (χ3v) is 7.32. The topological polar surface area (TPSA) is 67.4 Å². The second-order valence-electron chi connectivity index (χ2n) is 9.74. The van der Waals surface area contributed by atoms with Crippen LogP contribution in [0.3, 0.4) is 0 Å². The third kappa shape index (κ3) is 4.13. The number of hydrogen-bond acceptors (Lipinski definition) is 7. The van der Waals surface area contributed by atoms with Crippen LogP contribution in [-0.2, 0) is 6.54 Å². The van der Waals surface area contributed by atoms with Crippen LogP contribution < -0.4 is 4.90 Å². The van der Waals surface area contributed by atoms with E-state index in [1.165, 1.54) is 22.1 Å². The van der Waals surface area contributed by atoms with Crippen LogP contribution in [0.2, 0.25) is 0 Å². The first kappa shape index (κ1) is 21.5. The maximum absolute atomic E-state index is 4.74. The molecule has 2 aliphatic heterocycles. The molecular formula is C26H32N8. The minimum Gasteiger partial charge on any atom is -0.353 e. The molecule has 0 atom stereocenters. The Labute approximate surface area is 200 Å². The minimum atomic E-state index is 0.931. The van der Waals surface area contributed by atoms with Crippen molar-refractivity contribution in [3.8, 4) is 11.1 Å². The van der Waals surface area contributed by atoms with E-state index in [0.29, 0.717) is 0 Å². The van der Waals surface area contributed by atoms with Gasteiger partial charge in [-0.1, -0.05) is 6.07 Å². The highest BCUT2D eigenvalue weighted by Crippen LogP contribution is 2.33. The number of likely N-dealkylation sites (N-methyl/N-ethyl adjacent to an activating group) is 2. The first-order valence-corrected chi connectivity index (χ1v) is 12.2. The molecule has 0 aliphatic carbocycles. The molecule has 8 heteroatoms. The van der Waals surface area contributed by atoms with Crippen LogP contribution in [0.15, 0.2) is 43.0 Å². The summed E-state index contributed by atoms with van der Waals surface area (Å²) in [5.74, 6) is 1.04. The van der Waals surface area contributed by atoms with E-state index in [2.05, 4.69) is 74.1 Å². The fourth-order valence-electron chi connectivity index (χ4n) is 5.12. The van der Waals surface area contributed by atoms with Crippen LogP contribution in [-0.4, -0.2) is 101 Å². The Morgan fingerprint density at radius 1 is 0.824 bits per heavy atom. The van der Waals surface area contributed by atoms with Gasteiger partial charge in [-0.25, -0.2) is 15.0 Å². The van der Waals surface area contributed by atoms with Crippen molar-refractivity contribution < 1.29 is 0 Å². The maximum atomic E-state index is 4.74. The standard InChI is InChI=1S/C26H32N8/c1-31-5-9-33(10-6-31)17-19-13-21-23(16-28-25(21)27-15-19)20-3-4-24-22(14-20)26(30-18-29-24)34-11-7-32(2)8-12-34/h3-4,13-16,18H,5-12,17H2,1-2H3,(H,27,28). The number of fused-ring (bicyclic) bond motifs is 2. The van der Waals surface area contributed by atoms with Crippen molar-refractivity contribution >= 4 is 27.8 Å². The summed E-state index contributed by atoms with van der Waals surface area (Å²) in [6, 6.07) is 8.84. The van der Waals surface area contributed by atoms with Crippen LogP contribution in [0.4, 0.5) is 5.82 Å². The van der Waals surface area contributed by atoms with Crippen molar-refractivity contribution in [2.24, 2.45) is 0 Å². The Kier molecular flexibility index (Phi) is 5.64. The van der Waals surface area contributed by atoms with Crippen molar-refractivity contribution in [2.75, 3.05) is 71.4 Å². The molecule has 0 spiro atoms. The van der Waals surface area contributed by atoms with Crippen molar-refractivity contribution in [1.82, 2.24) is 34.6 Å². The number of aromatic amines is 1. The average Bonchev–Trinajstić information content (AvgIpc) is 3.29. The molecule has 6 rings (SSSR count). The van der Waals surface area contributed by atoms with Crippen LogP contribution in [0.25, 0.3) is 33.1 Å². The minimum absolute atomic E-state index is 0.931. The van der Waals surface area contributed by atoms with Crippen LogP contribution in [0.1, 0.15) is 5.56 Å². The van der Waals surface area contributed by atoms with Crippen molar-refractivity contribution in [3.05, 3.63) is 48.5 Å². The number of aromatic nitrogens is 4. The highest BCUT2D eigenvalue weighted by molar-refractivity contribution is 5.98. The number of rotatable bonds is 4. The predicted molar refractivity (Wildman–Crippen MR) is 137 cm³/mol. The van der Waals surface area contributed by atoms with E-state index in [9.17, 15) is 0 Å². The Morgan fingerprint density at radius 2 is 1.59 bits per heavy atom. The monoisotopic (exact) mass is 456 g/mol. The molecule has 0 unspecified atom stereocenters. The lowest BCUT2D eigenvalue weighted by Crippen LogP contribution is -2.44. The molecule has 1 N–H and O–H groups in total. The zero-order chi connectivity index (χ0) is 23.1. The van der Waals surface area contributed by atoms with E-state index in [1.807, 2.05) is 6.20 Å². The molecule has 4 aromatic rings. The van der Waals surface area contributed by atoms with Gasteiger partial charge in [-0.2, -0.15) is 0 Å².